The van der Waals surface area contributed by atoms with Crippen molar-refractivity contribution in [3.8, 4) is 0 Å². The highest BCUT2D eigenvalue weighted by Crippen LogP contribution is 2.27. The molecule has 0 heterocycles. The molecule has 0 saturated carbocycles. The fourth-order valence-corrected chi connectivity index (χ4v) is 2.49. The summed E-state index contributed by atoms with van der Waals surface area (Å²) in [5.41, 5.74) is 12.5. The summed E-state index contributed by atoms with van der Waals surface area (Å²) in [6, 6.07) is 4.51. The van der Waals surface area contributed by atoms with Crippen LogP contribution in [0.5, 0.6) is 0 Å². The van der Waals surface area contributed by atoms with Gasteiger partial charge in [0.15, 0.2) is 0 Å². The summed E-state index contributed by atoms with van der Waals surface area (Å²) in [5, 5.41) is 0. The highest BCUT2D eigenvalue weighted by Gasteiger charge is 2.11. The fourth-order valence-electron chi connectivity index (χ4n) is 2.49. The quantitative estimate of drug-likeness (QED) is 0.784. The second-order valence-corrected chi connectivity index (χ2v) is 4.72. The molecule has 17 heavy (non-hydrogen) atoms. The Bertz CT molecular complexity index is 391. The maximum Gasteiger partial charge on any atom is 0.0187 e. The first-order valence-corrected chi connectivity index (χ1v) is 6.65. The summed E-state index contributed by atoms with van der Waals surface area (Å²) >= 11 is 0. The van der Waals surface area contributed by atoms with Gasteiger partial charge in [0.1, 0.15) is 0 Å². The van der Waals surface area contributed by atoms with E-state index in [1.165, 1.54) is 22.3 Å². The molecule has 2 N–H and O–H groups in total. The Balaban J connectivity index is 3.33. The van der Waals surface area contributed by atoms with Gasteiger partial charge in [0.05, 0.1) is 0 Å². The summed E-state index contributed by atoms with van der Waals surface area (Å²) in [5.74, 6) is 0. The molecule has 0 saturated heterocycles. The normalized spacial score (nSPS) is 10.6. The van der Waals surface area contributed by atoms with Gasteiger partial charge >= 0.3 is 0 Å². The van der Waals surface area contributed by atoms with Crippen LogP contribution in [-0.4, -0.2) is 0 Å². The molecule has 0 aromatic heterocycles. The van der Waals surface area contributed by atoms with Crippen molar-refractivity contribution in [2.75, 3.05) is 0 Å². The van der Waals surface area contributed by atoms with Crippen LogP contribution < -0.4 is 5.73 Å². The number of aryl methyl sites for hydroxylation is 2. The van der Waals surface area contributed by atoms with Gasteiger partial charge < -0.3 is 5.73 Å². The van der Waals surface area contributed by atoms with Crippen LogP contribution in [0.25, 0.3) is 5.57 Å². The molecule has 0 radical (unpaired) electrons. The van der Waals surface area contributed by atoms with Crippen LogP contribution >= 0.6 is 0 Å². The Morgan fingerprint density at radius 2 is 1.65 bits per heavy atom. The molecule has 0 fully saturated rings. The van der Waals surface area contributed by atoms with E-state index in [4.69, 9.17) is 5.73 Å². The number of hydrogen-bond acceptors (Lipinski definition) is 1. The molecule has 0 atom stereocenters. The molecule has 0 amide bonds. The summed E-state index contributed by atoms with van der Waals surface area (Å²) in [7, 11) is 0. The summed E-state index contributed by atoms with van der Waals surface area (Å²) in [6.45, 7) is 11.3. The van der Waals surface area contributed by atoms with Crippen LogP contribution in [-0.2, 0) is 19.4 Å². The van der Waals surface area contributed by atoms with Crippen molar-refractivity contribution >= 4 is 5.57 Å². The topological polar surface area (TPSA) is 26.0 Å². The molecule has 0 aliphatic heterocycles. The summed E-state index contributed by atoms with van der Waals surface area (Å²) < 4.78 is 0. The van der Waals surface area contributed by atoms with Gasteiger partial charge in [0, 0.05) is 6.54 Å². The maximum absolute atomic E-state index is 5.94. The van der Waals surface area contributed by atoms with E-state index in [0.717, 1.165) is 31.3 Å². The third kappa shape index (κ3) is 3.19. The molecule has 0 unspecified atom stereocenters. The van der Waals surface area contributed by atoms with Gasteiger partial charge in [-0.05, 0) is 42.0 Å². The first-order valence-electron chi connectivity index (χ1n) is 6.65. The third-order valence-electron chi connectivity index (χ3n) is 3.17. The van der Waals surface area contributed by atoms with Gasteiger partial charge in [-0.1, -0.05) is 51.0 Å². The molecule has 1 heteroatoms. The van der Waals surface area contributed by atoms with E-state index in [2.05, 4.69) is 39.5 Å². The van der Waals surface area contributed by atoms with E-state index < -0.39 is 0 Å². The summed E-state index contributed by atoms with van der Waals surface area (Å²) in [6.07, 6.45) is 4.55. The Kier molecular flexibility index (Phi) is 5.43. The lowest BCUT2D eigenvalue weighted by molar-refractivity contribution is 0.872. The van der Waals surface area contributed by atoms with E-state index in [9.17, 15) is 0 Å². The lowest BCUT2D eigenvalue weighted by atomic mass is 9.88. The smallest absolute Gasteiger partial charge is 0.0187 e. The Morgan fingerprint density at radius 3 is 2.12 bits per heavy atom. The zero-order valence-electron chi connectivity index (χ0n) is 11.5. The zero-order chi connectivity index (χ0) is 12.8. The van der Waals surface area contributed by atoms with Crippen LogP contribution in [0.4, 0.5) is 0 Å². The summed E-state index contributed by atoms with van der Waals surface area (Å²) in [4.78, 5) is 0. The number of benzene rings is 1. The molecular formula is C16H25N. The maximum atomic E-state index is 5.94. The SMILES string of the molecule is C=C(C)c1c(CCC)ccc(CCC)c1CN. The molecule has 0 spiro atoms. The van der Waals surface area contributed by atoms with Gasteiger partial charge in [-0.15, -0.1) is 0 Å². The van der Waals surface area contributed by atoms with Gasteiger partial charge in [-0.25, -0.2) is 0 Å². The first kappa shape index (κ1) is 14.0. The Labute approximate surface area is 106 Å². The van der Waals surface area contributed by atoms with Crippen molar-refractivity contribution in [2.45, 2.75) is 53.0 Å². The minimum Gasteiger partial charge on any atom is -0.326 e. The van der Waals surface area contributed by atoms with Crippen molar-refractivity contribution in [1.29, 1.82) is 0 Å². The predicted molar refractivity (Wildman–Crippen MR) is 77.0 cm³/mol. The Hall–Kier alpha value is -1.08. The van der Waals surface area contributed by atoms with Gasteiger partial charge in [0.25, 0.3) is 0 Å². The highest BCUT2D eigenvalue weighted by atomic mass is 14.5. The second kappa shape index (κ2) is 6.61. The van der Waals surface area contributed by atoms with Crippen LogP contribution in [0.1, 0.15) is 55.9 Å². The minimum atomic E-state index is 0.620. The second-order valence-electron chi connectivity index (χ2n) is 4.72. The predicted octanol–water partition coefficient (Wildman–Crippen LogP) is 4.08. The average Bonchev–Trinajstić information content (AvgIpc) is 2.30. The number of hydrogen-bond donors (Lipinski definition) is 1. The van der Waals surface area contributed by atoms with E-state index in [1.54, 1.807) is 0 Å². The molecule has 94 valence electrons. The zero-order valence-corrected chi connectivity index (χ0v) is 11.5. The van der Waals surface area contributed by atoms with E-state index >= 15 is 0 Å². The minimum absolute atomic E-state index is 0.620. The van der Waals surface area contributed by atoms with E-state index in [-0.39, 0.29) is 0 Å². The van der Waals surface area contributed by atoms with Crippen molar-refractivity contribution in [2.24, 2.45) is 5.73 Å². The van der Waals surface area contributed by atoms with Crippen LogP contribution in [0.15, 0.2) is 18.7 Å². The number of allylic oxidation sites excluding steroid dienone is 1. The van der Waals surface area contributed by atoms with Crippen LogP contribution in [0.2, 0.25) is 0 Å². The van der Waals surface area contributed by atoms with E-state index in [0.29, 0.717) is 6.54 Å². The largest absolute Gasteiger partial charge is 0.326 e. The van der Waals surface area contributed by atoms with E-state index in [1.807, 2.05) is 0 Å². The molecule has 1 rings (SSSR count). The molecular weight excluding hydrogens is 206 g/mol. The molecule has 0 aliphatic rings. The van der Waals surface area contributed by atoms with Crippen molar-refractivity contribution in [1.82, 2.24) is 0 Å². The monoisotopic (exact) mass is 231 g/mol. The molecule has 1 aromatic carbocycles. The molecule has 1 nitrogen and oxygen atoms in total. The Morgan fingerprint density at radius 1 is 1.12 bits per heavy atom. The highest BCUT2D eigenvalue weighted by molar-refractivity contribution is 5.69. The average molecular weight is 231 g/mol. The lowest BCUT2D eigenvalue weighted by Crippen LogP contribution is -2.08. The standard InChI is InChI=1S/C16H25N/c1-5-7-13-9-10-14(8-6-2)16(12(3)4)15(13)11-17/h9-10H,3,5-8,11,17H2,1-2,4H3. The molecule has 0 aliphatic carbocycles. The van der Waals surface area contributed by atoms with Crippen LogP contribution in [0, 0.1) is 0 Å². The number of rotatable bonds is 6. The van der Waals surface area contributed by atoms with Crippen molar-refractivity contribution < 1.29 is 0 Å². The van der Waals surface area contributed by atoms with Crippen molar-refractivity contribution in [3.63, 3.8) is 0 Å². The van der Waals surface area contributed by atoms with Gasteiger partial charge in [-0.3, -0.25) is 0 Å². The molecule has 0 bridgehead atoms. The van der Waals surface area contributed by atoms with Crippen LogP contribution in [0.3, 0.4) is 0 Å². The first-order chi connectivity index (χ1) is 8.15. The lowest BCUT2D eigenvalue weighted by Gasteiger charge is -2.17. The molecule has 1 aromatic rings. The fraction of sp³-hybridized carbons (Fsp3) is 0.500. The van der Waals surface area contributed by atoms with Gasteiger partial charge in [-0.2, -0.15) is 0 Å². The number of nitrogens with two attached hydrogens (primary N) is 1. The van der Waals surface area contributed by atoms with Crippen molar-refractivity contribution in [3.05, 3.63) is 41.0 Å². The third-order valence-corrected chi connectivity index (χ3v) is 3.17. The van der Waals surface area contributed by atoms with Gasteiger partial charge in [0.2, 0.25) is 0 Å².